The molecule has 2 aromatic carbocycles. The fourth-order valence-corrected chi connectivity index (χ4v) is 2.75. The molecule has 0 unspecified atom stereocenters. The molecule has 0 aliphatic carbocycles. The Morgan fingerprint density at radius 2 is 1.18 bits per heavy atom. The molecule has 0 heterocycles. The van der Waals surface area contributed by atoms with Gasteiger partial charge >= 0.3 is 0 Å². The second-order valence-corrected chi connectivity index (χ2v) is 5.84. The van der Waals surface area contributed by atoms with Crippen LogP contribution in [0.25, 0.3) is 0 Å². The average molecular weight is 339 g/mol. The highest BCUT2D eigenvalue weighted by molar-refractivity contribution is 6.31. The van der Waals surface area contributed by atoms with E-state index < -0.39 is 12.2 Å². The van der Waals surface area contributed by atoms with E-state index in [9.17, 15) is 15.0 Å². The SMILES string of the molecule is O=C(C[C@@H](O)c1ccccc1Cl)C[C@@H](O)c1ccccc1Cl. The second-order valence-electron chi connectivity index (χ2n) is 5.02. The van der Waals surface area contributed by atoms with E-state index in [4.69, 9.17) is 23.2 Å². The lowest BCUT2D eigenvalue weighted by Gasteiger charge is -2.15. The lowest BCUT2D eigenvalue weighted by atomic mass is 9.98. The van der Waals surface area contributed by atoms with E-state index in [2.05, 4.69) is 0 Å². The van der Waals surface area contributed by atoms with Crippen LogP contribution in [0.2, 0.25) is 10.0 Å². The molecule has 0 aliphatic heterocycles. The highest BCUT2D eigenvalue weighted by Gasteiger charge is 2.20. The van der Waals surface area contributed by atoms with Crippen LogP contribution in [-0.2, 0) is 4.79 Å². The molecule has 2 atom stereocenters. The third-order valence-electron chi connectivity index (χ3n) is 3.37. The van der Waals surface area contributed by atoms with Crippen LogP contribution in [0.1, 0.15) is 36.2 Å². The van der Waals surface area contributed by atoms with Crippen molar-refractivity contribution >= 4 is 29.0 Å². The first-order valence-corrected chi connectivity index (χ1v) is 7.61. The monoisotopic (exact) mass is 338 g/mol. The molecule has 2 N–H and O–H groups in total. The Bertz CT molecular complexity index is 602. The summed E-state index contributed by atoms with van der Waals surface area (Å²) in [5.41, 5.74) is 1.01. The lowest BCUT2D eigenvalue weighted by molar-refractivity contribution is -0.123. The van der Waals surface area contributed by atoms with E-state index in [1.807, 2.05) is 0 Å². The second kappa shape index (κ2) is 7.75. The van der Waals surface area contributed by atoms with Crippen LogP contribution in [-0.4, -0.2) is 16.0 Å². The smallest absolute Gasteiger partial charge is 0.138 e. The molecule has 0 aromatic heterocycles. The Labute approximate surface area is 139 Å². The summed E-state index contributed by atoms with van der Waals surface area (Å²) >= 11 is 12.0. The van der Waals surface area contributed by atoms with Gasteiger partial charge in [-0.3, -0.25) is 4.79 Å². The summed E-state index contributed by atoms with van der Waals surface area (Å²) in [6.45, 7) is 0. The van der Waals surface area contributed by atoms with E-state index >= 15 is 0 Å². The molecule has 0 aliphatic rings. The van der Waals surface area contributed by atoms with Crippen molar-refractivity contribution in [3.8, 4) is 0 Å². The Morgan fingerprint density at radius 3 is 1.55 bits per heavy atom. The molecule has 0 amide bonds. The van der Waals surface area contributed by atoms with Gasteiger partial charge in [0.05, 0.1) is 12.2 Å². The van der Waals surface area contributed by atoms with Crippen molar-refractivity contribution in [3.63, 3.8) is 0 Å². The highest BCUT2D eigenvalue weighted by atomic mass is 35.5. The minimum absolute atomic E-state index is 0.106. The third-order valence-corrected chi connectivity index (χ3v) is 4.06. The summed E-state index contributed by atoms with van der Waals surface area (Å²) in [5, 5.41) is 21.0. The maximum atomic E-state index is 12.0. The molecule has 0 spiro atoms. The number of benzene rings is 2. The molecule has 0 saturated heterocycles. The van der Waals surface area contributed by atoms with Gasteiger partial charge in [-0.2, -0.15) is 0 Å². The van der Waals surface area contributed by atoms with Crippen LogP contribution in [0, 0.1) is 0 Å². The number of hydrogen-bond donors (Lipinski definition) is 2. The zero-order valence-electron chi connectivity index (χ0n) is 11.7. The van der Waals surface area contributed by atoms with Crippen LogP contribution in [0.15, 0.2) is 48.5 Å². The van der Waals surface area contributed by atoms with Gasteiger partial charge < -0.3 is 10.2 Å². The lowest BCUT2D eigenvalue weighted by Crippen LogP contribution is -2.11. The zero-order valence-corrected chi connectivity index (χ0v) is 13.3. The number of hydrogen-bond acceptors (Lipinski definition) is 3. The Balaban J connectivity index is 1.98. The van der Waals surface area contributed by atoms with Crippen LogP contribution in [0.3, 0.4) is 0 Å². The average Bonchev–Trinajstić information content (AvgIpc) is 2.47. The normalized spacial score (nSPS) is 13.6. The summed E-state index contributed by atoms with van der Waals surface area (Å²) in [6, 6.07) is 13.6. The first-order chi connectivity index (χ1) is 10.5. The van der Waals surface area contributed by atoms with E-state index in [1.165, 1.54) is 0 Å². The summed E-state index contributed by atoms with van der Waals surface area (Å²) in [5.74, 6) is -0.264. The molecule has 0 fully saturated rings. The molecule has 22 heavy (non-hydrogen) atoms. The first kappa shape index (κ1) is 17.0. The number of aliphatic hydroxyl groups is 2. The number of halogens is 2. The Kier molecular flexibility index (Phi) is 5.98. The van der Waals surface area contributed by atoms with Crippen molar-refractivity contribution in [3.05, 3.63) is 69.7 Å². The fraction of sp³-hybridized carbons (Fsp3) is 0.235. The standard InChI is InChI=1S/C17H16Cl2O3/c18-14-7-3-1-5-12(14)16(21)9-11(20)10-17(22)13-6-2-4-8-15(13)19/h1-8,16-17,21-22H,9-10H2/t16-,17-/m1/s1. The van der Waals surface area contributed by atoms with Gasteiger partial charge in [0.1, 0.15) is 5.78 Å². The number of ketones is 1. The van der Waals surface area contributed by atoms with Crippen molar-refractivity contribution < 1.29 is 15.0 Å². The van der Waals surface area contributed by atoms with Gasteiger partial charge in [0, 0.05) is 22.9 Å². The molecule has 116 valence electrons. The van der Waals surface area contributed by atoms with Crippen molar-refractivity contribution in [1.29, 1.82) is 0 Å². The van der Waals surface area contributed by atoms with Gasteiger partial charge in [-0.25, -0.2) is 0 Å². The topological polar surface area (TPSA) is 57.5 Å². The van der Waals surface area contributed by atoms with E-state index in [-0.39, 0.29) is 18.6 Å². The Morgan fingerprint density at radius 1 is 0.818 bits per heavy atom. The number of Topliss-reactive ketones (excluding diaryl/α,β-unsaturated/α-hetero) is 1. The zero-order chi connectivity index (χ0) is 16.1. The van der Waals surface area contributed by atoms with Crippen LogP contribution in [0.4, 0.5) is 0 Å². The van der Waals surface area contributed by atoms with Gasteiger partial charge in [0.25, 0.3) is 0 Å². The number of carbonyl (C=O) groups is 1. The van der Waals surface area contributed by atoms with Gasteiger partial charge in [0.2, 0.25) is 0 Å². The number of carbonyl (C=O) groups excluding carboxylic acids is 1. The molecule has 0 radical (unpaired) electrons. The number of aliphatic hydroxyl groups excluding tert-OH is 2. The predicted octanol–water partition coefficient (Wildman–Crippen LogP) is 4.11. The minimum Gasteiger partial charge on any atom is -0.388 e. The summed E-state index contributed by atoms with van der Waals surface area (Å²) in [4.78, 5) is 12.0. The van der Waals surface area contributed by atoms with Crippen molar-refractivity contribution in [2.75, 3.05) is 0 Å². The molecule has 5 heteroatoms. The molecular formula is C17H16Cl2O3. The largest absolute Gasteiger partial charge is 0.388 e. The van der Waals surface area contributed by atoms with Gasteiger partial charge in [0.15, 0.2) is 0 Å². The maximum absolute atomic E-state index is 12.0. The van der Waals surface area contributed by atoms with Crippen LogP contribution in [0.5, 0.6) is 0 Å². The highest BCUT2D eigenvalue weighted by Crippen LogP contribution is 2.28. The third kappa shape index (κ3) is 4.31. The molecule has 2 rings (SSSR count). The summed E-state index contributed by atoms with van der Waals surface area (Å²) < 4.78 is 0. The molecular weight excluding hydrogens is 323 g/mol. The van der Waals surface area contributed by atoms with E-state index in [1.54, 1.807) is 48.5 Å². The molecule has 2 aromatic rings. The van der Waals surface area contributed by atoms with Crippen molar-refractivity contribution in [2.24, 2.45) is 0 Å². The van der Waals surface area contributed by atoms with E-state index in [0.717, 1.165) is 0 Å². The fourth-order valence-electron chi connectivity index (χ4n) is 2.23. The van der Waals surface area contributed by atoms with Crippen molar-refractivity contribution in [2.45, 2.75) is 25.0 Å². The van der Waals surface area contributed by atoms with Gasteiger partial charge in [-0.1, -0.05) is 59.6 Å². The summed E-state index contributed by atoms with van der Waals surface area (Å²) in [7, 11) is 0. The molecule has 3 nitrogen and oxygen atoms in total. The van der Waals surface area contributed by atoms with Gasteiger partial charge in [-0.05, 0) is 23.3 Å². The molecule has 0 bridgehead atoms. The number of rotatable bonds is 6. The predicted molar refractivity (Wildman–Crippen MR) is 87.1 cm³/mol. The van der Waals surface area contributed by atoms with Crippen LogP contribution >= 0.6 is 23.2 Å². The molecule has 0 saturated carbocycles. The van der Waals surface area contributed by atoms with Gasteiger partial charge in [-0.15, -0.1) is 0 Å². The van der Waals surface area contributed by atoms with Crippen molar-refractivity contribution in [1.82, 2.24) is 0 Å². The maximum Gasteiger partial charge on any atom is 0.138 e. The summed E-state index contributed by atoms with van der Waals surface area (Å²) in [6.07, 6.45) is -2.18. The Hall–Kier alpha value is -1.39. The first-order valence-electron chi connectivity index (χ1n) is 6.85. The quantitative estimate of drug-likeness (QED) is 0.833. The minimum atomic E-state index is -0.986. The van der Waals surface area contributed by atoms with E-state index in [0.29, 0.717) is 21.2 Å². The van der Waals surface area contributed by atoms with Crippen LogP contribution < -0.4 is 0 Å².